The Hall–Kier alpha value is -2.64. The second kappa shape index (κ2) is 7.07. The number of aromatic nitrogens is 1. The number of aryl methyl sites for hydroxylation is 2. The Balaban J connectivity index is 2.39. The molecule has 1 aliphatic heterocycles. The molecule has 0 unspecified atom stereocenters. The highest BCUT2D eigenvalue weighted by atomic mass is 19.4. The lowest BCUT2D eigenvalue weighted by atomic mass is 9.93. The van der Waals surface area contributed by atoms with Crippen LogP contribution in [-0.4, -0.2) is 17.6 Å². The molecule has 1 aromatic carbocycles. The van der Waals surface area contributed by atoms with Crippen molar-refractivity contribution in [2.24, 2.45) is 4.99 Å². The molecule has 8 heteroatoms. The van der Waals surface area contributed by atoms with Crippen molar-refractivity contribution in [3.8, 4) is 0 Å². The van der Waals surface area contributed by atoms with E-state index in [0.717, 1.165) is 16.6 Å². The number of alkyl halides is 3. The number of allylic oxidation sites excluding steroid dienone is 2. The van der Waals surface area contributed by atoms with Gasteiger partial charge in [0.05, 0.1) is 11.3 Å². The summed E-state index contributed by atoms with van der Waals surface area (Å²) in [5, 5.41) is 0. The molecule has 2 aromatic rings. The quantitative estimate of drug-likeness (QED) is 0.445. The van der Waals surface area contributed by atoms with Crippen molar-refractivity contribution in [1.82, 2.24) is 4.48 Å². The number of aliphatic imine (C=N–C) groups is 1. The van der Waals surface area contributed by atoms with Crippen LogP contribution in [0.25, 0.3) is 5.57 Å². The summed E-state index contributed by atoms with van der Waals surface area (Å²) in [6.45, 7) is 6.73. The van der Waals surface area contributed by atoms with Gasteiger partial charge >= 0.3 is 13.6 Å². The number of rotatable bonds is 3. The molecule has 0 N–H and O–H groups in total. The topological polar surface area (TPSA) is 17.3 Å². The Morgan fingerprint density at radius 1 is 1.04 bits per heavy atom. The summed E-state index contributed by atoms with van der Waals surface area (Å²) in [4.78, 5) is 4.43. The molecule has 2 nitrogen and oxygen atoms in total. The normalized spacial score (nSPS) is 16.2. The molecule has 0 radical (unpaired) electrons. The Bertz CT molecular complexity index is 1030. The predicted molar refractivity (Wildman–Crippen MR) is 102 cm³/mol. The number of halogens is 5. The number of benzene rings is 1. The molecule has 0 amide bonds. The summed E-state index contributed by atoms with van der Waals surface area (Å²) in [7, 11) is -2.83. The van der Waals surface area contributed by atoms with E-state index >= 15 is 0 Å². The number of nitrogens with zero attached hydrogens (tertiary/aromatic N) is 2. The Kier molecular flexibility index (Phi) is 5.08. The molecule has 0 aliphatic carbocycles. The molecule has 0 fully saturated rings. The lowest BCUT2D eigenvalue weighted by Gasteiger charge is -2.18. The summed E-state index contributed by atoms with van der Waals surface area (Å²) < 4.78 is 68.3. The molecule has 0 bridgehead atoms. The zero-order chi connectivity index (χ0) is 20.8. The minimum absolute atomic E-state index is 0.174. The van der Waals surface area contributed by atoms with Crippen LogP contribution >= 0.6 is 0 Å². The van der Waals surface area contributed by atoms with Gasteiger partial charge in [-0.05, 0) is 68.7 Å². The van der Waals surface area contributed by atoms with Gasteiger partial charge in [-0.15, -0.1) is 0 Å². The van der Waals surface area contributed by atoms with Gasteiger partial charge in [0.1, 0.15) is 0 Å². The highest BCUT2D eigenvalue weighted by Crippen LogP contribution is 2.39. The molecule has 0 spiro atoms. The first-order valence-corrected chi connectivity index (χ1v) is 8.63. The minimum atomic E-state index is -4.54. The third kappa shape index (κ3) is 3.55. The van der Waals surface area contributed by atoms with Crippen LogP contribution in [-0.2, 0) is 6.18 Å². The van der Waals surface area contributed by atoms with Crippen molar-refractivity contribution in [1.29, 1.82) is 0 Å². The average Bonchev–Trinajstić information content (AvgIpc) is 3.06. The maximum Gasteiger partial charge on any atom is 0.677 e. The van der Waals surface area contributed by atoms with Gasteiger partial charge in [-0.1, -0.05) is 12.1 Å². The molecule has 3 rings (SSSR count). The first-order valence-electron chi connectivity index (χ1n) is 8.63. The zero-order valence-corrected chi connectivity index (χ0v) is 15.8. The number of hydrogen-bond acceptors (Lipinski definition) is 1. The summed E-state index contributed by atoms with van der Waals surface area (Å²) in [5.41, 5.74) is 2.45. The fraction of sp³-hybridized carbons (Fsp3) is 0.250. The van der Waals surface area contributed by atoms with Crippen LogP contribution < -0.4 is 0 Å². The van der Waals surface area contributed by atoms with Crippen LogP contribution in [0.3, 0.4) is 0 Å². The first-order chi connectivity index (χ1) is 13.0. The molecule has 1 aliphatic rings. The largest absolute Gasteiger partial charge is 0.677 e. The van der Waals surface area contributed by atoms with E-state index in [0.29, 0.717) is 28.2 Å². The molecule has 1 aromatic heterocycles. The van der Waals surface area contributed by atoms with Gasteiger partial charge in [0, 0.05) is 22.7 Å². The van der Waals surface area contributed by atoms with Crippen molar-refractivity contribution in [3.63, 3.8) is 0 Å². The number of hydrogen-bond donors (Lipinski definition) is 0. The van der Waals surface area contributed by atoms with Crippen LogP contribution in [0.5, 0.6) is 0 Å². The van der Waals surface area contributed by atoms with Gasteiger partial charge < -0.3 is 4.48 Å². The predicted octanol–water partition coefficient (Wildman–Crippen LogP) is 6.08. The second-order valence-electron chi connectivity index (χ2n) is 6.85. The Morgan fingerprint density at radius 3 is 2.25 bits per heavy atom. The zero-order valence-electron chi connectivity index (χ0n) is 15.8. The Morgan fingerprint density at radius 2 is 1.71 bits per heavy atom. The van der Waals surface area contributed by atoms with E-state index < -0.39 is 19.1 Å². The van der Waals surface area contributed by atoms with Crippen LogP contribution in [0.15, 0.2) is 52.7 Å². The van der Waals surface area contributed by atoms with Gasteiger partial charge in [-0.2, -0.15) is 13.2 Å². The van der Waals surface area contributed by atoms with E-state index in [4.69, 9.17) is 0 Å². The maximum absolute atomic E-state index is 13.8. The summed E-state index contributed by atoms with van der Waals surface area (Å²) in [6.07, 6.45) is -2.76. The smallest absolute Gasteiger partial charge is 0.329 e. The van der Waals surface area contributed by atoms with E-state index in [2.05, 4.69) is 4.99 Å². The molecule has 0 saturated carbocycles. The lowest BCUT2D eigenvalue weighted by molar-refractivity contribution is -0.137. The van der Waals surface area contributed by atoms with Gasteiger partial charge in [0.25, 0.3) is 0 Å². The molecule has 146 valence electrons. The monoisotopic (exact) mass is 392 g/mol. The van der Waals surface area contributed by atoms with Crippen molar-refractivity contribution in [3.05, 3.63) is 75.8 Å². The fourth-order valence-electron chi connectivity index (χ4n) is 3.55. The maximum atomic E-state index is 13.8. The summed E-state index contributed by atoms with van der Waals surface area (Å²) >= 11 is 0. The standard InChI is InChI=1S/C20H18BF5N2/c1-11-8-13(3)27-18(11)17(15-6-5-7-16(10-15)20(22,23)24)19-12(2)9-14(4)28(19)21(25)26/h5-10H,1-4H3/b18-17-. The van der Waals surface area contributed by atoms with Crippen LogP contribution in [0.4, 0.5) is 21.8 Å². The second-order valence-corrected chi connectivity index (χ2v) is 6.85. The summed E-state index contributed by atoms with van der Waals surface area (Å²) in [6, 6.07) is 6.31. The third-order valence-corrected chi connectivity index (χ3v) is 4.65. The Labute approximate surface area is 160 Å². The average molecular weight is 392 g/mol. The van der Waals surface area contributed by atoms with Gasteiger partial charge in [-0.25, -0.2) is 0 Å². The van der Waals surface area contributed by atoms with E-state index in [1.807, 2.05) is 0 Å². The minimum Gasteiger partial charge on any atom is -0.329 e. The van der Waals surface area contributed by atoms with Crippen molar-refractivity contribution >= 4 is 18.7 Å². The van der Waals surface area contributed by atoms with E-state index in [1.165, 1.54) is 12.1 Å². The van der Waals surface area contributed by atoms with E-state index in [-0.39, 0.29) is 16.8 Å². The van der Waals surface area contributed by atoms with E-state index in [1.54, 1.807) is 39.8 Å². The molecular weight excluding hydrogens is 374 g/mol. The van der Waals surface area contributed by atoms with Crippen LogP contribution in [0, 0.1) is 13.8 Å². The highest BCUT2D eigenvalue weighted by molar-refractivity contribution is 6.41. The van der Waals surface area contributed by atoms with Crippen LogP contribution in [0.2, 0.25) is 0 Å². The first kappa shape index (κ1) is 20.1. The lowest BCUT2D eigenvalue weighted by Crippen LogP contribution is -2.18. The SMILES string of the molecule is CC1=CC(C)=N/C1=C(/c1cccc(C(F)(F)F)c1)c1c(C)cc(C)n1B(F)F. The van der Waals surface area contributed by atoms with E-state index in [9.17, 15) is 21.8 Å². The molecule has 0 atom stereocenters. The van der Waals surface area contributed by atoms with Crippen LogP contribution in [0.1, 0.15) is 41.9 Å². The van der Waals surface area contributed by atoms with Crippen molar-refractivity contribution in [2.75, 3.05) is 0 Å². The van der Waals surface area contributed by atoms with Gasteiger partial charge in [0.2, 0.25) is 0 Å². The molecule has 2 heterocycles. The summed E-state index contributed by atoms with van der Waals surface area (Å²) in [5.74, 6) is 0. The van der Waals surface area contributed by atoms with Gasteiger partial charge in [0.15, 0.2) is 0 Å². The molecule has 28 heavy (non-hydrogen) atoms. The van der Waals surface area contributed by atoms with Crippen molar-refractivity contribution in [2.45, 2.75) is 33.9 Å². The van der Waals surface area contributed by atoms with Gasteiger partial charge in [-0.3, -0.25) is 13.6 Å². The third-order valence-electron chi connectivity index (χ3n) is 4.65. The molecular formula is C20H18BF5N2. The van der Waals surface area contributed by atoms with Crippen molar-refractivity contribution < 1.29 is 21.8 Å². The highest BCUT2D eigenvalue weighted by Gasteiger charge is 2.33. The fourth-order valence-corrected chi connectivity index (χ4v) is 3.55. The molecule has 0 saturated heterocycles.